The molecule has 0 unspecified atom stereocenters. The summed E-state index contributed by atoms with van der Waals surface area (Å²) in [5.41, 5.74) is 2.22. The fourth-order valence-corrected chi connectivity index (χ4v) is 2.39. The molecule has 0 saturated carbocycles. The Morgan fingerprint density at radius 1 is 1.20 bits per heavy atom. The lowest BCUT2D eigenvalue weighted by Gasteiger charge is -2.08. The van der Waals surface area contributed by atoms with Gasteiger partial charge in [0, 0.05) is 12.4 Å². The molecule has 0 aliphatic rings. The van der Waals surface area contributed by atoms with Crippen molar-refractivity contribution in [2.45, 2.75) is 12.4 Å². The van der Waals surface area contributed by atoms with E-state index in [4.69, 9.17) is 11.6 Å². The van der Waals surface area contributed by atoms with Crippen LogP contribution in [-0.2, 0) is 12.4 Å². The van der Waals surface area contributed by atoms with Gasteiger partial charge < -0.3 is 5.32 Å². The second-order valence-electron chi connectivity index (χ2n) is 4.24. The van der Waals surface area contributed by atoms with Gasteiger partial charge in [0.25, 0.3) is 5.91 Å². The Hall–Kier alpha value is -1.39. The number of halogens is 3. The van der Waals surface area contributed by atoms with E-state index in [0.717, 1.165) is 11.1 Å². The summed E-state index contributed by atoms with van der Waals surface area (Å²) in [7, 11) is 0. The first kappa shape index (κ1) is 15.0. The first-order valence-corrected chi connectivity index (χ1v) is 7.30. The minimum atomic E-state index is -0.457. The Kier molecular flexibility index (Phi) is 5.15. The van der Waals surface area contributed by atoms with Crippen LogP contribution in [0.5, 0.6) is 0 Å². The molecule has 2 nitrogen and oxygen atoms in total. The van der Waals surface area contributed by atoms with E-state index in [0.29, 0.717) is 12.4 Å². The Labute approximate surface area is 130 Å². The van der Waals surface area contributed by atoms with Gasteiger partial charge in [0.2, 0.25) is 0 Å². The van der Waals surface area contributed by atoms with E-state index >= 15 is 0 Å². The van der Waals surface area contributed by atoms with Crippen LogP contribution in [0.2, 0.25) is 0 Å². The quantitative estimate of drug-likeness (QED) is 0.815. The zero-order valence-electron chi connectivity index (χ0n) is 10.5. The third-order valence-electron chi connectivity index (χ3n) is 2.79. The Bertz CT molecular complexity index is 633. The summed E-state index contributed by atoms with van der Waals surface area (Å²) in [5, 5.41) is 2.76. The molecule has 0 radical (unpaired) electrons. The summed E-state index contributed by atoms with van der Waals surface area (Å²) < 4.78 is 13.5. The average Bonchev–Trinajstić information content (AvgIpc) is 2.48. The average molecular weight is 357 g/mol. The van der Waals surface area contributed by atoms with Gasteiger partial charge in [-0.2, -0.15) is 0 Å². The van der Waals surface area contributed by atoms with Gasteiger partial charge in [0.05, 0.1) is 10.0 Å². The third kappa shape index (κ3) is 3.58. The molecule has 0 aliphatic heterocycles. The summed E-state index contributed by atoms with van der Waals surface area (Å²) in [4.78, 5) is 12.0. The van der Waals surface area contributed by atoms with E-state index in [1.807, 2.05) is 24.3 Å². The van der Waals surface area contributed by atoms with E-state index in [1.54, 1.807) is 6.07 Å². The number of nitrogens with one attached hydrogen (secondary N) is 1. The molecule has 20 heavy (non-hydrogen) atoms. The zero-order chi connectivity index (χ0) is 14.5. The lowest BCUT2D eigenvalue weighted by Crippen LogP contribution is -2.23. The second kappa shape index (κ2) is 6.86. The van der Waals surface area contributed by atoms with Crippen molar-refractivity contribution in [3.05, 3.63) is 69.4 Å². The van der Waals surface area contributed by atoms with Gasteiger partial charge in [0.15, 0.2) is 0 Å². The van der Waals surface area contributed by atoms with Crippen LogP contribution in [0.4, 0.5) is 4.39 Å². The van der Waals surface area contributed by atoms with E-state index < -0.39 is 5.82 Å². The van der Waals surface area contributed by atoms with Gasteiger partial charge in [-0.25, -0.2) is 4.39 Å². The van der Waals surface area contributed by atoms with Crippen molar-refractivity contribution in [3.8, 4) is 0 Å². The molecule has 0 aliphatic carbocycles. The van der Waals surface area contributed by atoms with Gasteiger partial charge in [-0.05, 0) is 39.2 Å². The maximum atomic E-state index is 13.4. The molecule has 2 aromatic rings. The van der Waals surface area contributed by atoms with E-state index in [2.05, 4.69) is 21.2 Å². The van der Waals surface area contributed by atoms with E-state index in [-0.39, 0.29) is 15.9 Å². The largest absolute Gasteiger partial charge is 0.348 e. The van der Waals surface area contributed by atoms with Crippen LogP contribution in [-0.4, -0.2) is 5.91 Å². The van der Waals surface area contributed by atoms with Gasteiger partial charge in [-0.3, -0.25) is 4.79 Å². The predicted octanol–water partition coefficient (Wildman–Crippen LogP) is 4.26. The maximum Gasteiger partial charge on any atom is 0.252 e. The van der Waals surface area contributed by atoms with Crippen LogP contribution in [0, 0.1) is 5.82 Å². The van der Waals surface area contributed by atoms with E-state index in [9.17, 15) is 9.18 Å². The monoisotopic (exact) mass is 355 g/mol. The predicted molar refractivity (Wildman–Crippen MR) is 81.3 cm³/mol. The molecule has 0 bridgehead atoms. The maximum absolute atomic E-state index is 13.4. The molecule has 1 N–H and O–H groups in total. The molecule has 0 heterocycles. The number of amides is 1. The van der Waals surface area contributed by atoms with Crippen molar-refractivity contribution >= 4 is 33.4 Å². The summed E-state index contributed by atoms with van der Waals surface area (Å²) in [6.07, 6.45) is 0. The normalized spacial score (nSPS) is 10.3. The van der Waals surface area contributed by atoms with Crippen molar-refractivity contribution < 1.29 is 9.18 Å². The van der Waals surface area contributed by atoms with Crippen LogP contribution < -0.4 is 5.32 Å². The van der Waals surface area contributed by atoms with Gasteiger partial charge >= 0.3 is 0 Å². The van der Waals surface area contributed by atoms with Gasteiger partial charge in [-0.1, -0.05) is 30.3 Å². The molecule has 0 aromatic heterocycles. The second-order valence-corrected chi connectivity index (χ2v) is 5.30. The molecule has 2 rings (SSSR count). The fourth-order valence-electron chi connectivity index (χ4n) is 1.78. The van der Waals surface area contributed by atoms with Crippen molar-refractivity contribution in [2.75, 3.05) is 0 Å². The standard InChI is InChI=1S/C15H12BrClFNO/c16-14-12(5-2-6-13(14)18)15(20)19-9-11-4-1-3-10(7-11)8-17/h1-7H,8-9H2,(H,19,20). The van der Waals surface area contributed by atoms with Crippen LogP contribution in [0.3, 0.4) is 0 Å². The number of carbonyl (C=O) groups is 1. The molecule has 104 valence electrons. The Morgan fingerprint density at radius 3 is 2.65 bits per heavy atom. The number of rotatable bonds is 4. The molecular formula is C15H12BrClFNO. The van der Waals surface area contributed by atoms with Gasteiger partial charge in [-0.15, -0.1) is 11.6 Å². The molecule has 2 aromatic carbocycles. The molecule has 0 fully saturated rings. The molecule has 0 saturated heterocycles. The van der Waals surface area contributed by atoms with Crippen LogP contribution in [0.25, 0.3) is 0 Å². The minimum absolute atomic E-state index is 0.173. The molecule has 0 atom stereocenters. The van der Waals surface area contributed by atoms with Crippen molar-refractivity contribution in [2.24, 2.45) is 0 Å². The molecular weight excluding hydrogens is 345 g/mol. The lowest BCUT2D eigenvalue weighted by molar-refractivity contribution is 0.0949. The highest BCUT2D eigenvalue weighted by molar-refractivity contribution is 9.10. The number of benzene rings is 2. The number of hydrogen-bond donors (Lipinski definition) is 1. The van der Waals surface area contributed by atoms with Crippen LogP contribution in [0.15, 0.2) is 46.9 Å². The van der Waals surface area contributed by atoms with Crippen LogP contribution in [0.1, 0.15) is 21.5 Å². The molecule has 0 spiro atoms. The van der Waals surface area contributed by atoms with Gasteiger partial charge in [0.1, 0.15) is 5.82 Å². The third-order valence-corrected chi connectivity index (χ3v) is 3.91. The van der Waals surface area contributed by atoms with E-state index in [1.165, 1.54) is 12.1 Å². The SMILES string of the molecule is O=C(NCc1cccc(CCl)c1)c1cccc(F)c1Br. The molecule has 1 amide bonds. The highest BCUT2D eigenvalue weighted by Gasteiger charge is 2.12. The summed E-state index contributed by atoms with van der Waals surface area (Å²) in [5.74, 6) is -0.355. The first-order chi connectivity index (χ1) is 9.61. The van der Waals surface area contributed by atoms with Crippen LogP contribution >= 0.6 is 27.5 Å². The number of alkyl halides is 1. The summed E-state index contributed by atoms with van der Waals surface area (Å²) in [6.45, 7) is 0.368. The smallest absolute Gasteiger partial charge is 0.252 e. The number of carbonyl (C=O) groups excluding carboxylic acids is 1. The highest BCUT2D eigenvalue weighted by Crippen LogP contribution is 2.20. The number of hydrogen-bond acceptors (Lipinski definition) is 1. The summed E-state index contributed by atoms with van der Waals surface area (Å²) >= 11 is 8.84. The van der Waals surface area contributed by atoms with Crippen molar-refractivity contribution in [1.82, 2.24) is 5.32 Å². The van der Waals surface area contributed by atoms with Crippen molar-refractivity contribution in [1.29, 1.82) is 0 Å². The summed E-state index contributed by atoms with van der Waals surface area (Å²) in [6, 6.07) is 12.0. The highest BCUT2D eigenvalue weighted by atomic mass is 79.9. The van der Waals surface area contributed by atoms with Crippen molar-refractivity contribution in [3.63, 3.8) is 0 Å². The lowest BCUT2D eigenvalue weighted by atomic mass is 10.1. The minimum Gasteiger partial charge on any atom is -0.348 e. The first-order valence-electron chi connectivity index (χ1n) is 5.98. The fraction of sp³-hybridized carbons (Fsp3) is 0.133. The Balaban J connectivity index is 2.06. The Morgan fingerprint density at radius 2 is 1.90 bits per heavy atom. The molecule has 5 heteroatoms. The zero-order valence-corrected chi connectivity index (χ0v) is 12.8. The topological polar surface area (TPSA) is 29.1 Å².